The van der Waals surface area contributed by atoms with Crippen LogP contribution in [-0.2, 0) is 35.5 Å². The fourth-order valence-electron chi connectivity index (χ4n) is 12.4. The molecule has 113 heavy (non-hydrogen) atoms. The van der Waals surface area contributed by atoms with E-state index in [4.69, 9.17) is 78.8 Å². The molecule has 638 valence electrons. The van der Waals surface area contributed by atoms with Gasteiger partial charge in [-0.15, -0.1) is 65.9 Å². The van der Waals surface area contributed by atoms with Crippen molar-refractivity contribution >= 4 is 139 Å². The highest BCUT2D eigenvalue weighted by Gasteiger charge is 2.49. The number of hydrogen-bond donors (Lipinski definition) is 14. The van der Waals surface area contributed by atoms with Crippen LogP contribution in [0.15, 0.2) is 65.2 Å². The summed E-state index contributed by atoms with van der Waals surface area (Å²) in [6.45, 7) is 14.8. The second-order valence-corrected chi connectivity index (χ2v) is 55.6. The number of nitrogens with two attached hydrogens (primary N) is 5. The summed E-state index contributed by atoms with van der Waals surface area (Å²) in [6.07, 6.45) is 18.1. The van der Waals surface area contributed by atoms with E-state index >= 15 is 0 Å². The smallest absolute Gasteiger partial charge is 0.351 e. The summed E-state index contributed by atoms with van der Waals surface area (Å²) < 4.78 is 52.1. The van der Waals surface area contributed by atoms with Crippen LogP contribution in [0.2, 0.25) is 0 Å². The van der Waals surface area contributed by atoms with Crippen LogP contribution in [0.4, 0.5) is 29.0 Å². The lowest BCUT2D eigenvalue weighted by Crippen LogP contribution is -2.37. The van der Waals surface area contributed by atoms with Gasteiger partial charge in [-0.2, -0.15) is 15.0 Å². The Kier molecular flexibility index (Phi) is 34.7. The van der Waals surface area contributed by atoms with E-state index in [9.17, 15) is 65.1 Å². The SMILES string of the molecule is C=P(C)(C)CC[C@H]1OC(c2cn(C)c(=S)nc2N)[C@H](O)[C@@H]1O.C=P(C)(C)CC[C@H]1OC(n2cc(Br)c(N)cc2=O)[C@H](O)[C@@H]1O.C=P(C)(C)CC[C@H]1OC(n2cc(Br)c(N)nc2=O)[C@H](O)[C@@H]1O.C=P(C)(C)CC[C@H]1OC(n2cc(OC)c(N)nc2=O)[C@H](O)[C@@H]1O.C=P(C)(C)CC[C@H]1OC(n2cc(OC)c(N)nc2=O)[C@H](OC)[C@@H]1O. The Hall–Kier alpha value is -4.65. The summed E-state index contributed by atoms with van der Waals surface area (Å²) in [6, 6.07) is 1.25. The number of aromatic nitrogens is 9. The zero-order valence-electron chi connectivity index (χ0n) is 66.4. The van der Waals surface area contributed by atoms with Gasteiger partial charge in [0, 0.05) is 44.4 Å². The number of nitrogens with zero attached hydrogens (tertiary/aromatic N) is 9. The summed E-state index contributed by atoms with van der Waals surface area (Å²) in [4.78, 5) is 63.2. The van der Waals surface area contributed by atoms with E-state index in [-0.39, 0.29) is 40.3 Å². The van der Waals surface area contributed by atoms with Crippen LogP contribution in [0.25, 0.3) is 0 Å². The van der Waals surface area contributed by atoms with E-state index in [1.165, 1.54) is 61.3 Å². The van der Waals surface area contributed by atoms with Crippen LogP contribution in [0.5, 0.6) is 11.5 Å². The molecular weight excluding hydrogens is 1720 g/mol. The number of rotatable bonds is 23. The number of hydrogen-bond acceptors (Lipinski definition) is 31. The predicted octanol–water partition coefficient (Wildman–Crippen LogP) is 1.97. The average Bonchev–Trinajstić information content (AvgIpc) is 1.68. The molecule has 0 amide bonds. The number of aliphatic hydroxyl groups is 9. The Bertz CT molecular complexity index is 4550. The van der Waals surface area contributed by atoms with E-state index < -0.39 is 174 Å². The largest absolute Gasteiger partial charge is 0.491 e. The topological polar surface area (TPSA) is 531 Å². The first-order valence-corrected chi connectivity index (χ1v) is 53.1. The lowest BCUT2D eigenvalue weighted by Gasteiger charge is -2.20. The Morgan fingerprint density at radius 3 is 1.12 bits per heavy atom. The molecule has 20 atom stereocenters. The van der Waals surface area contributed by atoms with Gasteiger partial charge in [-0.05, 0) is 174 Å². The monoisotopic (exact) mass is 1830 g/mol. The van der Waals surface area contributed by atoms with Crippen LogP contribution >= 0.6 is 78.5 Å². The van der Waals surface area contributed by atoms with E-state index in [0.29, 0.717) is 57.1 Å². The fourth-order valence-corrected chi connectivity index (χ4v) is 18.0. The van der Waals surface area contributed by atoms with Crippen molar-refractivity contribution in [1.82, 2.24) is 42.8 Å². The maximum Gasteiger partial charge on any atom is 0.351 e. The third-order valence-electron chi connectivity index (χ3n) is 18.9. The van der Waals surface area contributed by atoms with Crippen LogP contribution in [0.1, 0.15) is 68.7 Å². The van der Waals surface area contributed by atoms with Crippen molar-refractivity contribution in [1.29, 1.82) is 0 Å². The second kappa shape index (κ2) is 40.4. The average molecular weight is 1840 g/mol. The van der Waals surface area contributed by atoms with Crippen LogP contribution < -0.4 is 60.8 Å². The maximum atomic E-state index is 12.2. The summed E-state index contributed by atoms with van der Waals surface area (Å²) in [5.74, 6) is 0.715. The van der Waals surface area contributed by atoms with Gasteiger partial charge < -0.3 is 117 Å². The quantitative estimate of drug-likeness (QED) is 0.0328. The molecule has 10 heterocycles. The molecule has 0 radical (unpaired) electrons. The molecule has 0 aromatic carbocycles. The fraction of sp³-hybridized carbons (Fsp3) is 0.629. The normalized spacial score (nSPS) is 28.4. The number of pyridine rings is 1. The van der Waals surface area contributed by atoms with Gasteiger partial charge in [0.25, 0.3) is 5.56 Å². The van der Waals surface area contributed by atoms with Crippen molar-refractivity contribution in [2.24, 2.45) is 7.05 Å². The molecular formula is C70H117Br2N14O21P5S. The lowest BCUT2D eigenvalue weighted by atomic mass is 10.0. The van der Waals surface area contributed by atoms with Crippen molar-refractivity contribution in [3.05, 3.63) is 98.1 Å². The second-order valence-electron chi connectivity index (χ2n) is 31.9. The van der Waals surface area contributed by atoms with Gasteiger partial charge in [0.2, 0.25) is 4.77 Å². The number of aryl methyl sites for hydroxylation is 1. The molecule has 5 aromatic rings. The zero-order chi connectivity index (χ0) is 85.4. The van der Waals surface area contributed by atoms with Gasteiger partial charge in [-0.1, -0.05) is 0 Å². The summed E-state index contributed by atoms with van der Waals surface area (Å²) in [7, 11) is 6.05. The number of halogens is 2. The van der Waals surface area contributed by atoms with Crippen LogP contribution in [-0.4, -0.2) is 331 Å². The van der Waals surface area contributed by atoms with Gasteiger partial charge in [0.05, 0.1) is 71.8 Å². The summed E-state index contributed by atoms with van der Waals surface area (Å²) in [5, 5.41) is 92.1. The number of aliphatic hydroxyl groups excluding tert-OH is 9. The molecule has 35 nitrogen and oxygen atoms in total. The summed E-state index contributed by atoms with van der Waals surface area (Å²) in [5.41, 5.74) is 26.9. The molecule has 0 saturated carbocycles. The lowest BCUT2D eigenvalue weighted by molar-refractivity contribution is -0.0543. The van der Waals surface area contributed by atoms with Gasteiger partial charge in [0.1, 0.15) is 78.8 Å². The van der Waals surface area contributed by atoms with Gasteiger partial charge in [0.15, 0.2) is 48.0 Å². The minimum atomic E-state index is -1.28. The molecule has 0 spiro atoms. The third kappa shape index (κ3) is 26.7. The first-order chi connectivity index (χ1) is 52.1. The minimum Gasteiger partial charge on any atom is -0.491 e. The van der Waals surface area contributed by atoms with E-state index in [0.717, 1.165) is 39.9 Å². The maximum absolute atomic E-state index is 12.2. The minimum absolute atomic E-state index is 0.00594. The molecule has 5 saturated heterocycles. The number of anilines is 5. The first-order valence-electron chi connectivity index (χ1n) is 35.8. The van der Waals surface area contributed by atoms with Crippen molar-refractivity contribution in [2.75, 3.05) is 147 Å². The highest BCUT2D eigenvalue weighted by atomic mass is 79.9. The van der Waals surface area contributed by atoms with Crippen molar-refractivity contribution in [3.63, 3.8) is 0 Å². The molecule has 5 fully saturated rings. The number of methoxy groups -OCH3 is 3. The Balaban J connectivity index is 0.000000220. The number of ether oxygens (including phenoxy) is 8. The summed E-state index contributed by atoms with van der Waals surface area (Å²) >= 11 is 11.5. The van der Waals surface area contributed by atoms with E-state index in [2.05, 4.69) is 150 Å². The molecule has 5 aliphatic heterocycles. The van der Waals surface area contributed by atoms with Crippen molar-refractivity contribution < 1.29 is 83.9 Å². The van der Waals surface area contributed by atoms with Gasteiger partial charge in [-0.3, -0.25) is 23.1 Å². The zero-order valence-corrected chi connectivity index (χ0v) is 74.8. The van der Waals surface area contributed by atoms with Gasteiger partial charge >= 0.3 is 17.1 Å². The highest BCUT2D eigenvalue weighted by Crippen LogP contribution is 2.46. The first kappa shape index (κ1) is 97.2. The number of nitrogen functional groups attached to an aromatic ring is 5. The Labute approximate surface area is 680 Å². The Morgan fingerprint density at radius 2 is 0.752 bits per heavy atom. The third-order valence-corrected chi connectivity index (χ3v) is 27.9. The molecule has 0 aliphatic carbocycles. The van der Waals surface area contributed by atoms with E-state index in [1.54, 1.807) is 17.8 Å². The molecule has 0 bridgehead atoms. The molecule has 5 unspecified atom stereocenters. The molecule has 43 heteroatoms. The van der Waals surface area contributed by atoms with Crippen molar-refractivity contribution in [3.8, 4) is 11.5 Å². The molecule has 10 rings (SSSR count). The molecule has 5 aromatic heterocycles. The van der Waals surface area contributed by atoms with Gasteiger partial charge in [-0.25, -0.2) is 19.4 Å². The van der Waals surface area contributed by atoms with E-state index in [1.807, 2.05) is 0 Å². The molecule has 19 N–H and O–H groups in total. The van der Waals surface area contributed by atoms with Crippen LogP contribution in [0, 0.1) is 4.77 Å². The van der Waals surface area contributed by atoms with Crippen molar-refractivity contribution in [2.45, 2.75) is 155 Å². The van der Waals surface area contributed by atoms with Crippen LogP contribution in [0.3, 0.4) is 0 Å². The highest BCUT2D eigenvalue weighted by molar-refractivity contribution is 9.11. The predicted molar refractivity (Wildman–Crippen MR) is 466 cm³/mol. The standard InChI is InChI=1S/C15H26N3O5P.C14H22BrN2O4P.C14H24N3O5P.C14H24N3O3PS.C13H21BrN3O4P/c1-21-10-8-18(15(20)17-13(10)16)14-12(22-2)11(19)9(23-14)6-7-24(3,4)5;1-22(2,3)5-4-10-12(19)13(20)14(21-10)17-7-8(15)9(16)6-11(17)18;1-21-9-7-17(14(20)16-12(9)15)13-11(19)10(18)8(22-13)5-6-23(2,3)4;1-17-7-8(13(15)16-14(17)22)12-11(19)10(18)9(20-12)5-6-21(2,3)4;1-22(2,3)5-4-8-9(18)10(19)12(21-8)17-6-7(14)11(15)16-13(17)20/h8-9,11-12,14,19H,3,6-7H2,1-2,4-5H3,(H2,16,17,20);6-7,10,12-14,19-20H,1,4-5,16H2,2-3H3;7-8,10-11,13,18-19H,2,5-6H2,1,3-4H3,(H2,15,16,20);7,9-12,18-19H,2,5-6H2,1,3-4H3,(H2,15,16,22);6,8-10,12,18-19H,1,4-5H2,2-3H3,(H2,15,16,20)/t9-,11-,12-,14?;10-,12-,13-,14?;8-,10-,11-,13?;9-,10-,11-,12?;8-,9-,10-,12?/m11111/s1. The molecule has 5 aliphatic rings. The Morgan fingerprint density at radius 1 is 0.434 bits per heavy atom.